The van der Waals surface area contributed by atoms with Gasteiger partial charge in [-0.3, -0.25) is 14.4 Å². The predicted molar refractivity (Wildman–Crippen MR) is 115 cm³/mol. The number of rotatable bonds is 6. The lowest BCUT2D eigenvalue weighted by Gasteiger charge is -2.35. The number of carbonyl (C=O) groups excluding carboxylic acids is 3. The van der Waals surface area contributed by atoms with Gasteiger partial charge in [0.1, 0.15) is 6.04 Å². The van der Waals surface area contributed by atoms with E-state index in [9.17, 15) is 14.4 Å². The van der Waals surface area contributed by atoms with Gasteiger partial charge < -0.3 is 19.5 Å². The maximum Gasteiger partial charge on any atom is 0.290 e. The molecule has 1 atom stereocenters. The van der Waals surface area contributed by atoms with Crippen molar-refractivity contribution in [2.75, 3.05) is 19.6 Å². The topological polar surface area (TPSA) is 82.9 Å². The van der Waals surface area contributed by atoms with Crippen LogP contribution >= 0.6 is 0 Å². The molecule has 2 aromatic rings. The van der Waals surface area contributed by atoms with Crippen LogP contribution in [0.25, 0.3) is 0 Å². The Balaban J connectivity index is 1.38. The molecule has 4 rings (SSSR count). The molecular formula is C24H29N3O4. The quantitative estimate of drug-likeness (QED) is 0.725. The molecule has 0 radical (unpaired) electrons. The average Bonchev–Trinajstić information content (AvgIpc) is 3.25. The van der Waals surface area contributed by atoms with Crippen LogP contribution in [0.5, 0.6) is 0 Å². The van der Waals surface area contributed by atoms with Gasteiger partial charge in [0.25, 0.3) is 5.91 Å². The Bertz CT molecular complexity index is 925. The first-order valence-corrected chi connectivity index (χ1v) is 11.1. The molecule has 2 aliphatic rings. The van der Waals surface area contributed by atoms with E-state index in [-0.39, 0.29) is 23.5 Å². The molecule has 0 spiro atoms. The van der Waals surface area contributed by atoms with Gasteiger partial charge in [-0.2, -0.15) is 0 Å². The van der Waals surface area contributed by atoms with Crippen molar-refractivity contribution in [3.8, 4) is 0 Å². The van der Waals surface area contributed by atoms with Gasteiger partial charge in [-0.15, -0.1) is 0 Å². The molecule has 0 aliphatic carbocycles. The van der Waals surface area contributed by atoms with E-state index in [0.29, 0.717) is 38.9 Å². The molecule has 1 saturated heterocycles. The minimum atomic E-state index is -0.590. The van der Waals surface area contributed by atoms with Gasteiger partial charge in [0.15, 0.2) is 5.76 Å². The maximum atomic E-state index is 13.0. The Morgan fingerprint density at radius 2 is 1.90 bits per heavy atom. The number of amides is 3. The van der Waals surface area contributed by atoms with E-state index < -0.39 is 6.04 Å². The Kier molecular flexibility index (Phi) is 6.70. The monoisotopic (exact) mass is 423 g/mol. The average molecular weight is 424 g/mol. The normalized spacial score (nSPS) is 19.0. The lowest BCUT2D eigenvalue weighted by Crippen LogP contribution is -2.52. The molecule has 3 heterocycles. The molecule has 1 aromatic carbocycles. The minimum absolute atomic E-state index is 0.170. The first kappa shape index (κ1) is 21.2. The van der Waals surface area contributed by atoms with Crippen LogP contribution in [0.1, 0.15) is 53.8 Å². The molecular weight excluding hydrogens is 394 g/mol. The van der Waals surface area contributed by atoms with Crippen LogP contribution in [0.2, 0.25) is 0 Å². The minimum Gasteiger partial charge on any atom is -0.459 e. The number of benzene rings is 1. The number of fused-ring (bicyclic) bond motifs is 1. The van der Waals surface area contributed by atoms with E-state index in [2.05, 4.69) is 5.32 Å². The summed E-state index contributed by atoms with van der Waals surface area (Å²) in [6.45, 7) is 2.30. The van der Waals surface area contributed by atoms with Crippen molar-refractivity contribution in [1.29, 1.82) is 0 Å². The highest BCUT2D eigenvalue weighted by molar-refractivity contribution is 5.96. The molecule has 7 heteroatoms. The van der Waals surface area contributed by atoms with Crippen molar-refractivity contribution in [3.05, 3.63) is 59.5 Å². The molecule has 1 N–H and O–H groups in total. The second-order valence-electron chi connectivity index (χ2n) is 8.24. The zero-order valence-electron chi connectivity index (χ0n) is 17.7. The lowest BCUT2D eigenvalue weighted by atomic mass is 9.93. The summed E-state index contributed by atoms with van der Waals surface area (Å²) >= 11 is 0. The Morgan fingerprint density at radius 1 is 1.06 bits per heavy atom. The molecule has 31 heavy (non-hydrogen) atoms. The molecule has 1 aromatic heterocycles. The van der Waals surface area contributed by atoms with Crippen molar-refractivity contribution >= 4 is 17.7 Å². The number of hydrogen-bond acceptors (Lipinski definition) is 4. The molecule has 1 unspecified atom stereocenters. The summed E-state index contributed by atoms with van der Waals surface area (Å²) in [5, 5.41) is 2.98. The van der Waals surface area contributed by atoms with Crippen LogP contribution in [-0.4, -0.2) is 53.2 Å². The van der Waals surface area contributed by atoms with Crippen molar-refractivity contribution in [3.63, 3.8) is 0 Å². The Morgan fingerprint density at radius 3 is 2.71 bits per heavy atom. The van der Waals surface area contributed by atoms with Gasteiger partial charge in [-0.25, -0.2) is 0 Å². The first-order chi connectivity index (χ1) is 15.1. The highest BCUT2D eigenvalue weighted by atomic mass is 16.3. The van der Waals surface area contributed by atoms with E-state index in [1.54, 1.807) is 17.0 Å². The molecule has 1 fully saturated rings. The first-order valence-electron chi connectivity index (χ1n) is 11.1. The Hall–Kier alpha value is -3.09. The summed E-state index contributed by atoms with van der Waals surface area (Å²) in [7, 11) is 0. The fourth-order valence-corrected chi connectivity index (χ4v) is 4.39. The third kappa shape index (κ3) is 4.98. The molecule has 0 saturated carbocycles. The lowest BCUT2D eigenvalue weighted by molar-refractivity contribution is -0.130. The number of likely N-dealkylation sites (tertiary alicyclic amines) is 1. The summed E-state index contributed by atoms with van der Waals surface area (Å²) in [5.41, 5.74) is 2.13. The maximum absolute atomic E-state index is 13.0. The van der Waals surface area contributed by atoms with Crippen LogP contribution in [-0.2, 0) is 22.6 Å². The van der Waals surface area contributed by atoms with Gasteiger partial charge >= 0.3 is 0 Å². The van der Waals surface area contributed by atoms with Crippen molar-refractivity contribution < 1.29 is 18.8 Å². The standard InChI is InChI=1S/C24H29N3O4/c28-22-11-2-1-5-13-26(22)14-7-12-25-23(29)20-16-18-8-3-4-9-19(18)17-27(20)24(30)21-10-6-15-31-21/h3-4,6,8-10,15,20H,1-2,5,7,11-14,16-17H2,(H,25,29). The summed E-state index contributed by atoms with van der Waals surface area (Å²) in [6, 6.07) is 10.6. The fourth-order valence-electron chi connectivity index (χ4n) is 4.39. The van der Waals surface area contributed by atoms with Crippen molar-refractivity contribution in [1.82, 2.24) is 15.1 Å². The van der Waals surface area contributed by atoms with Crippen molar-refractivity contribution in [2.45, 2.75) is 51.1 Å². The smallest absolute Gasteiger partial charge is 0.290 e. The number of hydrogen-bond donors (Lipinski definition) is 1. The van der Waals surface area contributed by atoms with E-state index in [1.165, 1.54) is 6.26 Å². The third-order valence-electron chi connectivity index (χ3n) is 6.12. The van der Waals surface area contributed by atoms with Gasteiger partial charge in [-0.1, -0.05) is 30.7 Å². The number of carbonyl (C=O) groups is 3. The summed E-state index contributed by atoms with van der Waals surface area (Å²) < 4.78 is 5.29. The van der Waals surface area contributed by atoms with Crippen molar-refractivity contribution in [2.24, 2.45) is 0 Å². The SMILES string of the molecule is O=C(NCCCN1CCCCCC1=O)C1Cc2ccccc2CN1C(=O)c1ccco1. The van der Waals surface area contributed by atoms with Crippen LogP contribution in [0.15, 0.2) is 47.1 Å². The summed E-state index contributed by atoms with van der Waals surface area (Å²) in [4.78, 5) is 41.7. The zero-order chi connectivity index (χ0) is 21.6. The highest BCUT2D eigenvalue weighted by Gasteiger charge is 2.35. The van der Waals surface area contributed by atoms with Crippen LogP contribution < -0.4 is 5.32 Å². The summed E-state index contributed by atoms with van der Waals surface area (Å²) in [6.07, 6.45) is 6.37. The Labute approximate surface area is 182 Å². The van der Waals surface area contributed by atoms with Crippen LogP contribution in [0.4, 0.5) is 0 Å². The largest absolute Gasteiger partial charge is 0.459 e. The molecule has 7 nitrogen and oxygen atoms in total. The number of nitrogens with zero attached hydrogens (tertiary/aromatic N) is 2. The zero-order valence-corrected chi connectivity index (χ0v) is 17.7. The molecule has 164 valence electrons. The number of furan rings is 1. The highest BCUT2D eigenvalue weighted by Crippen LogP contribution is 2.25. The van der Waals surface area contributed by atoms with Crippen LogP contribution in [0, 0.1) is 0 Å². The van der Waals surface area contributed by atoms with Gasteiger partial charge in [0, 0.05) is 39.0 Å². The number of nitrogens with one attached hydrogen (secondary N) is 1. The molecule has 0 bridgehead atoms. The van der Waals surface area contributed by atoms with Gasteiger partial charge in [0.05, 0.1) is 6.26 Å². The second-order valence-corrected chi connectivity index (χ2v) is 8.24. The van der Waals surface area contributed by atoms with E-state index in [4.69, 9.17) is 4.42 Å². The van der Waals surface area contributed by atoms with Gasteiger partial charge in [-0.05, 0) is 42.5 Å². The summed E-state index contributed by atoms with van der Waals surface area (Å²) in [5.74, 6) is -0.00814. The van der Waals surface area contributed by atoms with Gasteiger partial charge in [0.2, 0.25) is 11.8 Å². The fraction of sp³-hybridized carbons (Fsp3) is 0.458. The molecule has 3 amide bonds. The van der Waals surface area contributed by atoms with E-state index in [1.807, 2.05) is 29.2 Å². The predicted octanol–water partition coefficient (Wildman–Crippen LogP) is 2.76. The third-order valence-corrected chi connectivity index (χ3v) is 6.12. The molecule has 2 aliphatic heterocycles. The van der Waals surface area contributed by atoms with E-state index >= 15 is 0 Å². The second kappa shape index (κ2) is 9.81. The van der Waals surface area contributed by atoms with Crippen LogP contribution in [0.3, 0.4) is 0 Å². The van der Waals surface area contributed by atoms with E-state index in [0.717, 1.165) is 36.9 Å².